The van der Waals surface area contributed by atoms with Gasteiger partial charge in [0.2, 0.25) is 5.88 Å². The monoisotopic (exact) mass is 336 g/mol. The summed E-state index contributed by atoms with van der Waals surface area (Å²) in [7, 11) is 1.67. The molecule has 2 fully saturated rings. The maximum atomic E-state index is 9.28. The fraction of sp³-hybridized carbons (Fsp3) is 0.421. The summed E-state index contributed by atoms with van der Waals surface area (Å²) < 4.78 is 11.3. The lowest BCUT2D eigenvalue weighted by molar-refractivity contribution is 0.214. The van der Waals surface area contributed by atoms with Gasteiger partial charge in [-0.3, -0.25) is 0 Å². The van der Waals surface area contributed by atoms with Crippen LogP contribution in [0, 0.1) is 11.3 Å². The molecule has 2 aliphatic rings. The van der Waals surface area contributed by atoms with Gasteiger partial charge in [0.15, 0.2) is 0 Å². The summed E-state index contributed by atoms with van der Waals surface area (Å²) in [5.74, 6) is 2.53. The van der Waals surface area contributed by atoms with Gasteiger partial charge < -0.3 is 14.4 Å². The standard InChI is InChI=1S/C19H20N4O2/c1-24-16-6-4-15(5-7-16)23-9-8-17(12-23)25-19-14(10-20)11-21-18(22-19)13-2-3-13/h4-7,11,13,17H,2-3,8-9,12H2,1H3. The molecule has 6 heteroatoms. The molecule has 1 saturated carbocycles. The summed E-state index contributed by atoms with van der Waals surface area (Å²) in [5, 5.41) is 9.28. The first-order valence-corrected chi connectivity index (χ1v) is 8.59. The Morgan fingerprint density at radius 2 is 2.00 bits per heavy atom. The molecule has 0 N–H and O–H groups in total. The highest BCUT2D eigenvalue weighted by Crippen LogP contribution is 2.38. The van der Waals surface area contributed by atoms with E-state index >= 15 is 0 Å². The smallest absolute Gasteiger partial charge is 0.235 e. The molecule has 25 heavy (non-hydrogen) atoms. The van der Waals surface area contributed by atoms with Gasteiger partial charge in [0.25, 0.3) is 0 Å². The maximum absolute atomic E-state index is 9.28. The number of anilines is 1. The molecule has 2 heterocycles. The number of aromatic nitrogens is 2. The third kappa shape index (κ3) is 3.36. The molecule has 128 valence electrons. The fourth-order valence-electron chi connectivity index (χ4n) is 3.09. The Bertz CT molecular complexity index is 796. The third-order valence-corrected chi connectivity index (χ3v) is 4.70. The number of benzene rings is 1. The summed E-state index contributed by atoms with van der Waals surface area (Å²) in [6.07, 6.45) is 4.77. The molecule has 1 atom stereocenters. The highest BCUT2D eigenvalue weighted by Gasteiger charge is 2.29. The Labute approximate surface area is 147 Å². The van der Waals surface area contributed by atoms with Crippen LogP contribution >= 0.6 is 0 Å². The van der Waals surface area contributed by atoms with Crippen molar-refractivity contribution in [2.75, 3.05) is 25.1 Å². The zero-order valence-electron chi connectivity index (χ0n) is 14.2. The van der Waals surface area contributed by atoms with Crippen molar-refractivity contribution in [3.63, 3.8) is 0 Å². The first-order chi connectivity index (χ1) is 12.3. The lowest BCUT2D eigenvalue weighted by atomic mass is 10.3. The van der Waals surface area contributed by atoms with E-state index in [0.717, 1.165) is 49.6 Å². The Morgan fingerprint density at radius 1 is 1.20 bits per heavy atom. The summed E-state index contributed by atoms with van der Waals surface area (Å²) in [5.41, 5.74) is 1.56. The predicted molar refractivity (Wildman–Crippen MR) is 93.0 cm³/mol. The molecular formula is C19H20N4O2. The minimum absolute atomic E-state index is 0.0242. The van der Waals surface area contributed by atoms with Crippen molar-refractivity contribution in [1.29, 1.82) is 5.26 Å². The molecule has 1 aliphatic carbocycles. The Kier molecular flexibility index (Phi) is 4.14. The second-order valence-electron chi connectivity index (χ2n) is 6.51. The van der Waals surface area contributed by atoms with Gasteiger partial charge in [-0.15, -0.1) is 0 Å². The van der Waals surface area contributed by atoms with Gasteiger partial charge in [-0.05, 0) is 37.1 Å². The van der Waals surface area contributed by atoms with E-state index in [1.54, 1.807) is 13.3 Å². The third-order valence-electron chi connectivity index (χ3n) is 4.70. The van der Waals surface area contributed by atoms with Crippen LogP contribution in [-0.4, -0.2) is 36.3 Å². The second-order valence-corrected chi connectivity index (χ2v) is 6.51. The molecule has 0 spiro atoms. The molecule has 4 rings (SSSR count). The normalized spacial score (nSPS) is 19.5. The number of hydrogen-bond donors (Lipinski definition) is 0. The second kappa shape index (κ2) is 6.60. The highest BCUT2D eigenvalue weighted by molar-refractivity contribution is 5.50. The van der Waals surface area contributed by atoms with Crippen molar-refractivity contribution in [3.8, 4) is 17.7 Å². The Balaban J connectivity index is 1.45. The molecule has 1 aliphatic heterocycles. The molecule has 1 aromatic heterocycles. The maximum Gasteiger partial charge on any atom is 0.235 e. The van der Waals surface area contributed by atoms with Gasteiger partial charge in [-0.25, -0.2) is 4.98 Å². The van der Waals surface area contributed by atoms with Gasteiger partial charge >= 0.3 is 0 Å². The minimum Gasteiger partial charge on any atom is -0.497 e. The van der Waals surface area contributed by atoms with Crippen LogP contribution in [0.1, 0.15) is 36.6 Å². The molecular weight excluding hydrogens is 316 g/mol. The Morgan fingerprint density at radius 3 is 2.68 bits per heavy atom. The van der Waals surface area contributed by atoms with Crippen molar-refractivity contribution in [1.82, 2.24) is 9.97 Å². The molecule has 0 bridgehead atoms. The number of hydrogen-bond acceptors (Lipinski definition) is 6. The van der Waals surface area contributed by atoms with Crippen LogP contribution in [0.5, 0.6) is 11.6 Å². The van der Waals surface area contributed by atoms with Crippen LogP contribution in [0.4, 0.5) is 5.69 Å². The van der Waals surface area contributed by atoms with Crippen LogP contribution in [0.15, 0.2) is 30.5 Å². The van der Waals surface area contributed by atoms with E-state index in [1.807, 2.05) is 12.1 Å². The summed E-state index contributed by atoms with van der Waals surface area (Å²) in [6.45, 7) is 1.69. The number of rotatable bonds is 5. The van der Waals surface area contributed by atoms with Crippen LogP contribution < -0.4 is 14.4 Å². The number of methoxy groups -OCH3 is 1. The molecule has 1 unspecified atom stereocenters. The SMILES string of the molecule is COc1ccc(N2CCC(Oc3nc(C4CC4)ncc3C#N)C2)cc1. The van der Waals surface area contributed by atoms with E-state index in [9.17, 15) is 5.26 Å². The summed E-state index contributed by atoms with van der Waals surface area (Å²) in [6, 6.07) is 10.2. The molecule has 1 saturated heterocycles. The van der Waals surface area contributed by atoms with Crippen molar-refractivity contribution >= 4 is 5.69 Å². The van der Waals surface area contributed by atoms with Gasteiger partial charge in [0, 0.05) is 24.6 Å². The van der Waals surface area contributed by atoms with Crippen LogP contribution in [-0.2, 0) is 0 Å². The van der Waals surface area contributed by atoms with Crippen molar-refractivity contribution < 1.29 is 9.47 Å². The van der Waals surface area contributed by atoms with Crippen LogP contribution in [0.2, 0.25) is 0 Å². The van der Waals surface area contributed by atoms with Crippen LogP contribution in [0.25, 0.3) is 0 Å². The lowest BCUT2D eigenvalue weighted by Gasteiger charge is -2.19. The van der Waals surface area contributed by atoms with Gasteiger partial charge in [0.1, 0.15) is 29.3 Å². The molecule has 0 radical (unpaired) electrons. The number of nitrogens with zero attached hydrogens (tertiary/aromatic N) is 4. The predicted octanol–water partition coefficient (Wildman–Crippen LogP) is 2.89. The number of ether oxygens (including phenoxy) is 2. The summed E-state index contributed by atoms with van der Waals surface area (Å²) >= 11 is 0. The average molecular weight is 336 g/mol. The van der Waals surface area contributed by atoms with Crippen molar-refractivity contribution in [2.45, 2.75) is 31.3 Å². The molecule has 1 aromatic carbocycles. The summed E-state index contributed by atoms with van der Waals surface area (Å²) in [4.78, 5) is 11.1. The highest BCUT2D eigenvalue weighted by atomic mass is 16.5. The van der Waals surface area contributed by atoms with E-state index < -0.39 is 0 Å². The number of nitriles is 1. The first kappa shape index (κ1) is 15.7. The van der Waals surface area contributed by atoms with Crippen molar-refractivity contribution in [3.05, 3.63) is 41.9 Å². The van der Waals surface area contributed by atoms with E-state index in [4.69, 9.17) is 9.47 Å². The van der Waals surface area contributed by atoms with Crippen molar-refractivity contribution in [2.24, 2.45) is 0 Å². The quantitative estimate of drug-likeness (QED) is 0.836. The van der Waals surface area contributed by atoms with Gasteiger partial charge in [-0.2, -0.15) is 10.2 Å². The zero-order valence-corrected chi connectivity index (χ0v) is 14.2. The van der Waals surface area contributed by atoms with Gasteiger partial charge in [0.05, 0.1) is 19.9 Å². The molecule has 6 nitrogen and oxygen atoms in total. The largest absolute Gasteiger partial charge is 0.497 e. The lowest BCUT2D eigenvalue weighted by Crippen LogP contribution is -2.25. The minimum atomic E-state index is 0.0242. The van der Waals surface area contributed by atoms with E-state index in [2.05, 4.69) is 33.1 Å². The van der Waals surface area contributed by atoms with Crippen LogP contribution in [0.3, 0.4) is 0 Å². The first-order valence-electron chi connectivity index (χ1n) is 8.59. The van der Waals surface area contributed by atoms with Gasteiger partial charge in [-0.1, -0.05) is 0 Å². The molecule has 2 aromatic rings. The van der Waals surface area contributed by atoms with E-state index in [1.165, 1.54) is 0 Å². The Hall–Kier alpha value is -2.81. The topological polar surface area (TPSA) is 71.3 Å². The zero-order chi connectivity index (χ0) is 17.2. The van der Waals surface area contributed by atoms with E-state index in [0.29, 0.717) is 17.4 Å². The average Bonchev–Trinajstić information content (AvgIpc) is 3.41. The fourth-order valence-corrected chi connectivity index (χ4v) is 3.09. The molecule has 0 amide bonds. The van der Waals surface area contributed by atoms with E-state index in [-0.39, 0.29) is 6.10 Å².